The van der Waals surface area contributed by atoms with E-state index in [4.69, 9.17) is 26.5 Å². The molecule has 0 saturated heterocycles. The smallest absolute Gasteiger partial charge is 0.343 e. The number of thioether (sulfide) groups is 1. The molecule has 10 nitrogen and oxygen atoms in total. The number of amides is 1. The zero-order chi connectivity index (χ0) is 25.3. The van der Waals surface area contributed by atoms with Crippen LogP contribution < -0.4 is 9.47 Å². The molecule has 0 aliphatic carbocycles. The first-order chi connectivity index (χ1) is 16.6. The number of amidine groups is 2. The van der Waals surface area contributed by atoms with E-state index < -0.39 is 21.7 Å². The summed E-state index contributed by atoms with van der Waals surface area (Å²) in [5.41, 5.74) is 0.669. The Balaban J connectivity index is 1.62. The highest BCUT2D eigenvalue weighted by Gasteiger charge is 2.38. The summed E-state index contributed by atoms with van der Waals surface area (Å²) in [6, 6.07) is 10.8. The molecule has 2 aromatic rings. The molecule has 0 saturated carbocycles. The molecule has 0 unspecified atom stereocenters. The van der Waals surface area contributed by atoms with Gasteiger partial charge in [0.1, 0.15) is 0 Å². The lowest BCUT2D eigenvalue weighted by atomic mass is 10.1. The lowest BCUT2D eigenvalue weighted by Gasteiger charge is -2.20. The van der Waals surface area contributed by atoms with E-state index in [-0.39, 0.29) is 39.1 Å². The van der Waals surface area contributed by atoms with Gasteiger partial charge in [0.25, 0.3) is 5.91 Å². The number of rotatable bonds is 5. The fourth-order valence-corrected chi connectivity index (χ4v) is 4.81. The number of nitrogens with one attached hydrogen (secondary N) is 1. The molecule has 13 heteroatoms. The van der Waals surface area contributed by atoms with Gasteiger partial charge in [-0.25, -0.2) is 13.2 Å². The summed E-state index contributed by atoms with van der Waals surface area (Å²) in [5, 5.41) is 13.7. The standard InChI is InChI=1S/C22H17ClN4O6S2/c1-3-32-17-11-12(4-9-16(17)33-20(29)13-5-7-14(23)8-6-13)10-15-18(24)27-21(25-19(15)28)34-22(26-27)35(2,30)31/h4-11,24H,3H2,1-2H3. The molecular formula is C22H17ClN4O6S2. The van der Waals surface area contributed by atoms with Gasteiger partial charge in [0.15, 0.2) is 17.3 Å². The molecule has 0 atom stereocenters. The van der Waals surface area contributed by atoms with Crippen molar-refractivity contribution in [2.24, 2.45) is 10.1 Å². The number of carbonyl (C=O) groups is 2. The number of halogens is 1. The SMILES string of the molecule is CCOc1cc(C=C2C(=N)N3N=C(S(C)(=O)=O)SC3=NC2=O)ccc1OC(=O)c1ccc(Cl)cc1. The van der Waals surface area contributed by atoms with Crippen molar-refractivity contribution in [3.8, 4) is 11.5 Å². The fourth-order valence-electron chi connectivity index (χ4n) is 3.00. The summed E-state index contributed by atoms with van der Waals surface area (Å²) in [4.78, 5) is 28.9. The zero-order valence-corrected chi connectivity index (χ0v) is 20.7. The van der Waals surface area contributed by atoms with Crippen molar-refractivity contribution in [2.75, 3.05) is 12.9 Å². The minimum absolute atomic E-state index is 0.00274. The third kappa shape index (κ3) is 5.29. The van der Waals surface area contributed by atoms with E-state index in [1.807, 2.05) is 0 Å². The number of carbonyl (C=O) groups excluding carboxylic acids is 2. The van der Waals surface area contributed by atoms with Crippen molar-refractivity contribution in [1.29, 1.82) is 5.41 Å². The highest BCUT2D eigenvalue weighted by Crippen LogP contribution is 2.33. The molecule has 2 aromatic carbocycles. The van der Waals surface area contributed by atoms with E-state index >= 15 is 0 Å². The molecule has 4 rings (SSSR count). The summed E-state index contributed by atoms with van der Waals surface area (Å²) in [7, 11) is -3.63. The maximum atomic E-state index is 12.6. The molecule has 0 radical (unpaired) electrons. The third-order valence-electron chi connectivity index (χ3n) is 4.61. The minimum Gasteiger partial charge on any atom is -0.490 e. The monoisotopic (exact) mass is 532 g/mol. The Labute approximate surface area is 209 Å². The summed E-state index contributed by atoms with van der Waals surface area (Å²) in [5.74, 6) is -1.22. The van der Waals surface area contributed by atoms with Gasteiger partial charge in [0.2, 0.25) is 19.4 Å². The van der Waals surface area contributed by atoms with Gasteiger partial charge in [0.05, 0.1) is 17.7 Å². The van der Waals surface area contributed by atoms with Crippen molar-refractivity contribution in [3.05, 3.63) is 64.2 Å². The van der Waals surface area contributed by atoms with Crippen LogP contribution in [-0.2, 0) is 14.6 Å². The Morgan fingerprint density at radius 1 is 1.20 bits per heavy atom. The first-order valence-electron chi connectivity index (χ1n) is 10.0. The van der Waals surface area contributed by atoms with Crippen LogP contribution in [0.5, 0.6) is 11.5 Å². The van der Waals surface area contributed by atoms with E-state index in [0.29, 0.717) is 27.9 Å². The average Bonchev–Trinajstić information content (AvgIpc) is 3.23. The van der Waals surface area contributed by atoms with Crippen LogP contribution in [0.25, 0.3) is 6.08 Å². The van der Waals surface area contributed by atoms with Crippen molar-refractivity contribution < 1.29 is 27.5 Å². The predicted molar refractivity (Wildman–Crippen MR) is 134 cm³/mol. The Morgan fingerprint density at radius 2 is 1.91 bits per heavy atom. The van der Waals surface area contributed by atoms with Crippen molar-refractivity contribution >= 4 is 66.5 Å². The molecule has 35 heavy (non-hydrogen) atoms. The lowest BCUT2D eigenvalue weighted by Crippen LogP contribution is -2.35. The maximum Gasteiger partial charge on any atom is 0.343 e. The molecule has 2 aliphatic heterocycles. The van der Waals surface area contributed by atoms with Gasteiger partial charge in [0, 0.05) is 11.3 Å². The largest absolute Gasteiger partial charge is 0.490 e. The minimum atomic E-state index is -3.63. The molecule has 2 aliphatic rings. The second-order valence-electron chi connectivity index (χ2n) is 7.19. The molecule has 0 bridgehead atoms. The van der Waals surface area contributed by atoms with E-state index in [9.17, 15) is 18.0 Å². The number of hydrogen-bond acceptors (Lipinski definition) is 9. The molecule has 0 spiro atoms. The highest BCUT2D eigenvalue weighted by atomic mass is 35.5. The summed E-state index contributed by atoms with van der Waals surface area (Å²) in [6.07, 6.45) is 2.38. The molecule has 1 N–H and O–H groups in total. The fraction of sp³-hybridized carbons (Fsp3) is 0.136. The second kappa shape index (κ2) is 9.64. The van der Waals surface area contributed by atoms with Crippen LogP contribution in [-0.4, -0.2) is 53.5 Å². The number of hydrogen-bond donors (Lipinski definition) is 1. The molecule has 1 amide bonds. The average molecular weight is 533 g/mol. The van der Waals surface area contributed by atoms with Gasteiger partial charge < -0.3 is 9.47 Å². The lowest BCUT2D eigenvalue weighted by molar-refractivity contribution is -0.114. The van der Waals surface area contributed by atoms with Crippen molar-refractivity contribution in [3.63, 3.8) is 0 Å². The predicted octanol–water partition coefficient (Wildman–Crippen LogP) is 3.58. The Hall–Kier alpha value is -3.48. The summed E-state index contributed by atoms with van der Waals surface area (Å²) in [6.45, 7) is 2.04. The van der Waals surface area contributed by atoms with E-state index in [1.54, 1.807) is 31.2 Å². The van der Waals surface area contributed by atoms with Crippen LogP contribution in [0.2, 0.25) is 5.02 Å². The van der Waals surface area contributed by atoms with Crippen molar-refractivity contribution in [1.82, 2.24) is 5.01 Å². The summed E-state index contributed by atoms with van der Waals surface area (Å²) < 4.78 is 34.4. The third-order valence-corrected chi connectivity index (χ3v) is 7.44. The van der Waals surface area contributed by atoms with Crippen LogP contribution in [0.4, 0.5) is 0 Å². The quantitative estimate of drug-likeness (QED) is 0.350. The van der Waals surface area contributed by atoms with Crippen LogP contribution >= 0.6 is 23.4 Å². The van der Waals surface area contributed by atoms with Gasteiger partial charge in [-0.05, 0) is 66.7 Å². The number of hydrazone groups is 1. The number of ether oxygens (including phenoxy) is 2. The van der Waals surface area contributed by atoms with Crippen molar-refractivity contribution in [2.45, 2.75) is 6.92 Å². The molecule has 0 fully saturated rings. The van der Waals surface area contributed by atoms with E-state index in [2.05, 4.69) is 10.1 Å². The highest BCUT2D eigenvalue weighted by molar-refractivity contribution is 8.42. The number of nitrogens with zero attached hydrogens (tertiary/aromatic N) is 3. The van der Waals surface area contributed by atoms with Crippen LogP contribution in [0.15, 0.2) is 58.1 Å². The van der Waals surface area contributed by atoms with E-state index in [0.717, 1.165) is 11.3 Å². The van der Waals surface area contributed by atoms with Gasteiger partial charge >= 0.3 is 5.97 Å². The van der Waals surface area contributed by atoms with E-state index in [1.165, 1.54) is 24.3 Å². The Kier molecular flexibility index (Phi) is 6.79. The first-order valence-corrected chi connectivity index (χ1v) is 13.1. The van der Waals surface area contributed by atoms with Gasteiger partial charge in [-0.3, -0.25) is 10.2 Å². The number of fused-ring (bicyclic) bond motifs is 1. The van der Waals surface area contributed by atoms with Gasteiger partial charge in [-0.2, -0.15) is 10.0 Å². The summed E-state index contributed by atoms with van der Waals surface area (Å²) >= 11 is 6.56. The number of aliphatic imine (C=N–C) groups is 1. The number of sulfone groups is 1. The Morgan fingerprint density at radius 3 is 2.57 bits per heavy atom. The van der Waals surface area contributed by atoms with Crippen LogP contribution in [0.1, 0.15) is 22.8 Å². The zero-order valence-electron chi connectivity index (χ0n) is 18.3. The topological polar surface area (TPSA) is 139 Å². The maximum absolute atomic E-state index is 12.6. The molecular weight excluding hydrogens is 516 g/mol. The van der Waals surface area contributed by atoms with Gasteiger partial charge in [-0.1, -0.05) is 17.7 Å². The number of benzene rings is 2. The van der Waals surface area contributed by atoms with Crippen LogP contribution in [0, 0.1) is 5.41 Å². The van der Waals surface area contributed by atoms with Crippen LogP contribution in [0.3, 0.4) is 0 Å². The Bertz CT molecular complexity index is 1450. The molecule has 0 aromatic heterocycles. The number of esters is 1. The van der Waals surface area contributed by atoms with Gasteiger partial charge in [-0.15, -0.1) is 5.10 Å². The molecule has 2 heterocycles. The second-order valence-corrected chi connectivity index (χ2v) is 10.8. The molecule has 180 valence electrons. The normalized spacial score (nSPS) is 16.7. The first kappa shape index (κ1) is 24.6.